The molecule has 0 saturated heterocycles. The van der Waals surface area contributed by atoms with E-state index in [9.17, 15) is 19.5 Å². The van der Waals surface area contributed by atoms with Gasteiger partial charge in [-0.15, -0.1) is 0 Å². The Hall–Kier alpha value is -4.91. The Bertz CT molecular complexity index is 1500. The zero-order valence-electron chi connectivity index (χ0n) is 23.8. The van der Waals surface area contributed by atoms with Gasteiger partial charge in [0, 0.05) is 30.8 Å². The molecule has 4 aromatic carbocycles. The van der Waals surface area contributed by atoms with Crippen molar-refractivity contribution in [3.63, 3.8) is 0 Å². The van der Waals surface area contributed by atoms with Gasteiger partial charge in [0.25, 0.3) is 11.8 Å². The lowest BCUT2D eigenvalue weighted by molar-refractivity contribution is -0.137. The highest BCUT2D eigenvalue weighted by Crippen LogP contribution is 2.29. The van der Waals surface area contributed by atoms with E-state index in [1.807, 2.05) is 85.8 Å². The molecule has 0 heterocycles. The molecular formula is C35H36N2O5. The summed E-state index contributed by atoms with van der Waals surface area (Å²) in [6.07, 6.45) is 1.03. The lowest BCUT2D eigenvalue weighted by atomic mass is 9.94. The van der Waals surface area contributed by atoms with Gasteiger partial charge >= 0.3 is 5.97 Å². The lowest BCUT2D eigenvalue weighted by Crippen LogP contribution is -2.35. The van der Waals surface area contributed by atoms with Gasteiger partial charge in [0.2, 0.25) is 0 Å². The van der Waals surface area contributed by atoms with E-state index >= 15 is 0 Å². The second-order valence-electron chi connectivity index (χ2n) is 9.81. The third-order valence-electron chi connectivity index (χ3n) is 6.97. The fourth-order valence-electron chi connectivity index (χ4n) is 4.86. The number of nitrogens with zero attached hydrogens (tertiary/aromatic N) is 1. The van der Waals surface area contributed by atoms with E-state index < -0.39 is 5.97 Å². The number of aliphatic carboxylic acids is 1. The van der Waals surface area contributed by atoms with Gasteiger partial charge in [-0.2, -0.15) is 0 Å². The summed E-state index contributed by atoms with van der Waals surface area (Å²) < 4.78 is 5.74. The molecule has 42 heavy (non-hydrogen) atoms. The Morgan fingerprint density at radius 2 is 1.36 bits per heavy atom. The fraction of sp³-hybridized carbons (Fsp3) is 0.229. The van der Waals surface area contributed by atoms with Crippen LogP contribution in [0.5, 0.6) is 5.75 Å². The van der Waals surface area contributed by atoms with Crippen LogP contribution in [0.1, 0.15) is 45.2 Å². The lowest BCUT2D eigenvalue weighted by Gasteiger charge is -2.24. The van der Waals surface area contributed by atoms with E-state index in [1.165, 1.54) is 0 Å². The van der Waals surface area contributed by atoms with Gasteiger partial charge in [0.1, 0.15) is 5.75 Å². The molecule has 0 spiro atoms. The number of nitrogens with one attached hydrogen (secondary N) is 1. The maximum atomic E-state index is 14.0. The number of rotatable bonds is 14. The van der Waals surface area contributed by atoms with E-state index in [-0.39, 0.29) is 24.8 Å². The van der Waals surface area contributed by atoms with Crippen LogP contribution < -0.4 is 10.1 Å². The highest BCUT2D eigenvalue weighted by molar-refractivity contribution is 6.06. The molecule has 4 aromatic rings. The smallest absolute Gasteiger partial charge is 0.305 e. The Labute approximate surface area is 246 Å². The van der Waals surface area contributed by atoms with E-state index in [0.29, 0.717) is 54.8 Å². The summed E-state index contributed by atoms with van der Waals surface area (Å²) in [6.45, 7) is 3.28. The van der Waals surface area contributed by atoms with Crippen molar-refractivity contribution in [1.82, 2.24) is 10.2 Å². The minimum absolute atomic E-state index is 0.0565. The summed E-state index contributed by atoms with van der Waals surface area (Å²) in [7, 11) is 0. The zero-order valence-corrected chi connectivity index (χ0v) is 23.8. The predicted octanol–water partition coefficient (Wildman–Crippen LogP) is 5.88. The second kappa shape index (κ2) is 15.2. The van der Waals surface area contributed by atoms with Crippen LogP contribution in [-0.4, -0.2) is 54.0 Å². The molecule has 7 nitrogen and oxygen atoms in total. The minimum atomic E-state index is -0.978. The number of carboxylic acid groups (broad SMARTS) is 1. The number of benzene rings is 4. The number of amides is 2. The molecule has 0 aliphatic carbocycles. The van der Waals surface area contributed by atoms with Crippen LogP contribution in [-0.2, 0) is 17.6 Å². The summed E-state index contributed by atoms with van der Waals surface area (Å²) in [6, 6.07) is 32.0. The maximum Gasteiger partial charge on any atom is 0.305 e. The molecule has 0 aliphatic rings. The minimum Gasteiger partial charge on any atom is -0.494 e. The van der Waals surface area contributed by atoms with Gasteiger partial charge in [-0.05, 0) is 60.2 Å². The molecular weight excluding hydrogens is 528 g/mol. The largest absolute Gasteiger partial charge is 0.494 e. The first-order valence-electron chi connectivity index (χ1n) is 14.2. The Morgan fingerprint density at radius 1 is 0.738 bits per heavy atom. The predicted molar refractivity (Wildman–Crippen MR) is 164 cm³/mol. The van der Waals surface area contributed by atoms with Crippen molar-refractivity contribution in [3.05, 3.63) is 125 Å². The molecule has 0 radical (unpaired) electrons. The second-order valence-corrected chi connectivity index (χ2v) is 9.81. The monoisotopic (exact) mass is 564 g/mol. The van der Waals surface area contributed by atoms with Crippen LogP contribution in [0.2, 0.25) is 0 Å². The highest BCUT2D eigenvalue weighted by Gasteiger charge is 2.23. The summed E-state index contributed by atoms with van der Waals surface area (Å²) >= 11 is 0. The van der Waals surface area contributed by atoms with Crippen molar-refractivity contribution >= 4 is 17.8 Å². The molecule has 0 aromatic heterocycles. The molecule has 2 amide bonds. The fourth-order valence-corrected chi connectivity index (χ4v) is 4.86. The van der Waals surface area contributed by atoms with Crippen molar-refractivity contribution in [2.45, 2.75) is 26.2 Å². The molecule has 0 saturated carbocycles. The first kappa shape index (κ1) is 30.1. The van der Waals surface area contributed by atoms with Crippen molar-refractivity contribution in [2.75, 3.05) is 26.2 Å². The van der Waals surface area contributed by atoms with Gasteiger partial charge < -0.3 is 20.1 Å². The van der Waals surface area contributed by atoms with Gasteiger partial charge in [-0.3, -0.25) is 14.4 Å². The third kappa shape index (κ3) is 8.07. The van der Waals surface area contributed by atoms with E-state index in [0.717, 1.165) is 16.9 Å². The van der Waals surface area contributed by atoms with Crippen LogP contribution in [0.4, 0.5) is 0 Å². The molecule has 4 rings (SSSR count). The Kier molecular flexibility index (Phi) is 10.9. The van der Waals surface area contributed by atoms with Crippen molar-refractivity contribution in [3.8, 4) is 16.9 Å². The maximum absolute atomic E-state index is 14.0. The quantitative estimate of drug-likeness (QED) is 0.199. The standard InChI is InChI=1S/C35H36N2O5/c1-2-42-32-19-11-6-14-27(32)21-24-37(25-22-33(38)39)35(41)31-18-10-8-16-29(31)28-15-7-9-17-30(28)34(40)36-23-20-26-12-4-3-5-13-26/h3-19H,2,20-25H2,1H3,(H,36,40)(H,38,39). The van der Waals surface area contributed by atoms with Gasteiger partial charge in [0.15, 0.2) is 0 Å². The van der Waals surface area contributed by atoms with Crippen molar-refractivity contribution in [1.29, 1.82) is 0 Å². The first-order chi connectivity index (χ1) is 20.5. The molecule has 0 unspecified atom stereocenters. The summed E-state index contributed by atoms with van der Waals surface area (Å²) in [5, 5.41) is 12.4. The number of carbonyl (C=O) groups excluding carboxylic acids is 2. The van der Waals surface area contributed by atoms with Crippen molar-refractivity contribution < 1.29 is 24.2 Å². The van der Waals surface area contributed by atoms with Crippen molar-refractivity contribution in [2.24, 2.45) is 0 Å². The molecule has 0 bridgehead atoms. The van der Waals surface area contributed by atoms with E-state index in [4.69, 9.17) is 4.74 Å². The number of carboxylic acids is 1. The van der Waals surface area contributed by atoms with Crippen LogP contribution in [0.15, 0.2) is 103 Å². The normalized spacial score (nSPS) is 10.6. The highest BCUT2D eigenvalue weighted by atomic mass is 16.5. The van der Waals surface area contributed by atoms with Crippen LogP contribution in [0.25, 0.3) is 11.1 Å². The number of carbonyl (C=O) groups is 3. The zero-order chi connectivity index (χ0) is 29.7. The van der Waals surface area contributed by atoms with E-state index in [1.54, 1.807) is 29.2 Å². The number of ether oxygens (including phenoxy) is 1. The molecule has 0 atom stereocenters. The number of para-hydroxylation sites is 1. The summed E-state index contributed by atoms with van der Waals surface area (Å²) in [5.74, 6) is -0.745. The Balaban J connectivity index is 1.57. The molecule has 7 heteroatoms. The SMILES string of the molecule is CCOc1ccccc1CCN(CCC(=O)O)C(=O)c1ccccc1-c1ccccc1C(=O)NCCc1ccccc1. The van der Waals surface area contributed by atoms with Gasteiger partial charge in [-0.25, -0.2) is 0 Å². The Morgan fingerprint density at radius 3 is 2.07 bits per heavy atom. The van der Waals surface area contributed by atoms with Gasteiger partial charge in [-0.1, -0.05) is 84.9 Å². The van der Waals surface area contributed by atoms with Gasteiger partial charge in [0.05, 0.1) is 13.0 Å². The van der Waals surface area contributed by atoms with Crippen LogP contribution in [0, 0.1) is 0 Å². The molecule has 216 valence electrons. The average Bonchev–Trinajstić information content (AvgIpc) is 3.02. The first-order valence-corrected chi connectivity index (χ1v) is 14.2. The third-order valence-corrected chi connectivity index (χ3v) is 6.97. The molecule has 0 aliphatic heterocycles. The molecule has 2 N–H and O–H groups in total. The van der Waals surface area contributed by atoms with E-state index in [2.05, 4.69) is 5.32 Å². The molecule has 0 fully saturated rings. The number of hydrogen-bond donors (Lipinski definition) is 2. The number of hydrogen-bond acceptors (Lipinski definition) is 4. The topological polar surface area (TPSA) is 95.9 Å². The van der Waals surface area contributed by atoms with Crippen LogP contribution in [0.3, 0.4) is 0 Å². The summed E-state index contributed by atoms with van der Waals surface area (Å²) in [5.41, 5.74) is 4.20. The van der Waals surface area contributed by atoms with Crippen LogP contribution >= 0.6 is 0 Å². The average molecular weight is 565 g/mol. The summed E-state index contributed by atoms with van der Waals surface area (Å²) in [4.78, 5) is 40.3.